The molecule has 10 heteroatoms. The molecule has 0 aliphatic heterocycles. The molecular weight excluding hydrogens is 400 g/mol. The molecule has 0 aliphatic rings. The molecule has 0 fully saturated rings. The Labute approximate surface area is 149 Å². The van der Waals surface area contributed by atoms with E-state index >= 15 is 0 Å². The smallest absolute Gasteiger partial charge is 0.387 e. The van der Waals surface area contributed by atoms with E-state index in [1.54, 1.807) is 29.3 Å². The van der Waals surface area contributed by atoms with E-state index in [-0.39, 0.29) is 17.1 Å². The summed E-state index contributed by atoms with van der Waals surface area (Å²) in [5, 5.41) is 10.7. The van der Waals surface area contributed by atoms with E-state index in [1.807, 2.05) is 0 Å². The van der Waals surface area contributed by atoms with Gasteiger partial charge in [0, 0.05) is 12.4 Å². The van der Waals surface area contributed by atoms with Crippen molar-refractivity contribution < 1.29 is 18.3 Å². The highest BCUT2D eigenvalue weighted by atomic mass is 79.9. The predicted octanol–water partition coefficient (Wildman–Crippen LogP) is 3.20. The summed E-state index contributed by atoms with van der Waals surface area (Å²) >= 11 is 3.29. The second kappa shape index (κ2) is 7.43. The van der Waals surface area contributed by atoms with Gasteiger partial charge in [0.25, 0.3) is 5.91 Å². The normalized spacial score (nSPS) is 10.9. The van der Waals surface area contributed by atoms with E-state index in [2.05, 4.69) is 36.2 Å². The number of anilines is 1. The number of hydrogen-bond donors (Lipinski definition) is 1. The lowest BCUT2D eigenvalue weighted by Gasteiger charge is -2.10. The van der Waals surface area contributed by atoms with Crippen LogP contribution in [0.2, 0.25) is 0 Å². The van der Waals surface area contributed by atoms with Crippen LogP contribution in [0.4, 0.5) is 14.5 Å². The third-order valence-electron chi connectivity index (χ3n) is 3.12. The van der Waals surface area contributed by atoms with Crippen LogP contribution in [0.5, 0.6) is 5.75 Å². The van der Waals surface area contributed by atoms with E-state index in [1.165, 1.54) is 28.9 Å². The molecule has 0 radical (unpaired) electrons. The number of nitrogens with one attached hydrogen (secondary N) is 1. The van der Waals surface area contributed by atoms with Gasteiger partial charge in [-0.1, -0.05) is 12.1 Å². The van der Waals surface area contributed by atoms with Crippen LogP contribution in [0.3, 0.4) is 0 Å². The second-order valence-electron chi connectivity index (χ2n) is 4.91. The number of alkyl halides is 2. The molecule has 0 unspecified atom stereocenters. The predicted molar refractivity (Wildman–Crippen MR) is 88.6 cm³/mol. The molecule has 1 aromatic carbocycles. The van der Waals surface area contributed by atoms with Gasteiger partial charge >= 0.3 is 6.61 Å². The molecule has 0 bridgehead atoms. The summed E-state index contributed by atoms with van der Waals surface area (Å²) in [6, 6.07) is 7.46. The van der Waals surface area contributed by atoms with Crippen LogP contribution in [0, 0.1) is 0 Å². The van der Waals surface area contributed by atoms with Gasteiger partial charge in [-0.3, -0.25) is 9.48 Å². The van der Waals surface area contributed by atoms with Crippen LogP contribution >= 0.6 is 15.9 Å². The number of carbonyl (C=O) groups is 1. The number of aromatic nitrogens is 4. The van der Waals surface area contributed by atoms with Gasteiger partial charge in [0.2, 0.25) is 0 Å². The zero-order valence-corrected chi connectivity index (χ0v) is 14.2. The maximum atomic E-state index is 12.4. The molecule has 0 atom stereocenters. The largest absolute Gasteiger partial charge is 0.433 e. The zero-order chi connectivity index (χ0) is 17.8. The van der Waals surface area contributed by atoms with Crippen LogP contribution in [-0.4, -0.2) is 32.1 Å². The Morgan fingerprint density at radius 1 is 1.28 bits per heavy atom. The maximum Gasteiger partial charge on any atom is 0.387 e. The summed E-state index contributed by atoms with van der Waals surface area (Å²) in [6.07, 6.45) is 5.02. The number of halogens is 3. The summed E-state index contributed by atoms with van der Waals surface area (Å²) in [5.41, 5.74) is 0.274. The van der Waals surface area contributed by atoms with Crippen molar-refractivity contribution in [3.63, 3.8) is 0 Å². The van der Waals surface area contributed by atoms with Crippen molar-refractivity contribution in [2.75, 3.05) is 5.32 Å². The molecule has 3 rings (SSSR count). The molecule has 0 spiro atoms. The van der Waals surface area contributed by atoms with E-state index in [0.29, 0.717) is 6.67 Å². The molecule has 1 N–H and O–H groups in total. The molecule has 7 nitrogen and oxygen atoms in total. The maximum absolute atomic E-state index is 12.4. The Morgan fingerprint density at radius 2 is 2.08 bits per heavy atom. The molecule has 3 aromatic rings. The lowest BCUT2D eigenvalue weighted by molar-refractivity contribution is -0.0493. The molecule has 0 aliphatic carbocycles. The van der Waals surface area contributed by atoms with Crippen LogP contribution < -0.4 is 10.1 Å². The molecule has 2 aromatic heterocycles. The number of rotatable bonds is 6. The Kier molecular flexibility index (Phi) is 5.08. The van der Waals surface area contributed by atoms with Crippen LogP contribution in [0.15, 0.2) is 53.4 Å². The zero-order valence-electron chi connectivity index (χ0n) is 12.6. The lowest BCUT2D eigenvalue weighted by Crippen LogP contribution is -2.16. The molecular formula is C15H12BrF2N5O2. The van der Waals surface area contributed by atoms with Crippen molar-refractivity contribution in [1.29, 1.82) is 0 Å². The van der Waals surface area contributed by atoms with Crippen LogP contribution in [-0.2, 0) is 6.67 Å². The van der Waals surface area contributed by atoms with Crippen molar-refractivity contribution in [2.24, 2.45) is 0 Å². The fraction of sp³-hybridized carbons (Fsp3) is 0.133. The SMILES string of the molecule is O=C(Nc1ccccc1OC(F)F)c1ccn(Cn2cc(Br)cn2)n1. The second-order valence-corrected chi connectivity index (χ2v) is 5.82. The summed E-state index contributed by atoms with van der Waals surface area (Å²) in [4.78, 5) is 12.3. The van der Waals surface area contributed by atoms with E-state index in [9.17, 15) is 13.6 Å². The number of amides is 1. The Morgan fingerprint density at radius 3 is 2.80 bits per heavy atom. The van der Waals surface area contributed by atoms with E-state index in [4.69, 9.17) is 0 Å². The van der Waals surface area contributed by atoms with Gasteiger partial charge in [0.1, 0.15) is 12.4 Å². The Balaban J connectivity index is 1.70. The van der Waals surface area contributed by atoms with Crippen molar-refractivity contribution in [3.8, 4) is 5.75 Å². The first-order chi connectivity index (χ1) is 12.0. The summed E-state index contributed by atoms with van der Waals surface area (Å²) in [7, 11) is 0. The number of ether oxygens (including phenoxy) is 1. The van der Waals surface area contributed by atoms with Gasteiger partial charge in [-0.15, -0.1) is 0 Å². The Bertz CT molecular complexity index is 880. The third-order valence-corrected chi connectivity index (χ3v) is 3.53. The minimum absolute atomic E-state index is 0.119. The van der Waals surface area contributed by atoms with Gasteiger partial charge in [0.05, 0.1) is 16.4 Å². The molecule has 130 valence electrons. The number of nitrogens with zero attached hydrogens (tertiary/aromatic N) is 4. The van der Waals surface area contributed by atoms with Crippen LogP contribution in [0.1, 0.15) is 10.5 Å². The van der Waals surface area contributed by atoms with E-state index in [0.717, 1.165) is 4.47 Å². The molecule has 1 amide bonds. The highest BCUT2D eigenvalue weighted by Crippen LogP contribution is 2.25. The van der Waals surface area contributed by atoms with Crippen molar-refractivity contribution >= 4 is 27.5 Å². The molecule has 0 saturated carbocycles. The third kappa shape index (κ3) is 4.41. The number of benzene rings is 1. The minimum Gasteiger partial charge on any atom is -0.433 e. The highest BCUT2D eigenvalue weighted by molar-refractivity contribution is 9.10. The van der Waals surface area contributed by atoms with Crippen molar-refractivity contribution in [2.45, 2.75) is 13.3 Å². The summed E-state index contributed by atoms with van der Waals surface area (Å²) in [6.45, 7) is -2.66. The van der Waals surface area contributed by atoms with Crippen LogP contribution in [0.25, 0.3) is 0 Å². The molecule has 25 heavy (non-hydrogen) atoms. The topological polar surface area (TPSA) is 74.0 Å². The average Bonchev–Trinajstić information content (AvgIpc) is 3.18. The fourth-order valence-corrected chi connectivity index (χ4v) is 2.41. The monoisotopic (exact) mass is 411 g/mol. The van der Waals surface area contributed by atoms with Crippen molar-refractivity contribution in [3.05, 3.63) is 59.1 Å². The number of para-hydroxylation sites is 2. The summed E-state index contributed by atoms with van der Waals surface area (Å²) < 4.78 is 33.2. The van der Waals surface area contributed by atoms with Gasteiger partial charge in [-0.05, 0) is 34.1 Å². The van der Waals surface area contributed by atoms with Gasteiger partial charge in [-0.25, -0.2) is 4.68 Å². The molecule has 0 saturated heterocycles. The molecule has 2 heterocycles. The summed E-state index contributed by atoms with van der Waals surface area (Å²) in [5.74, 6) is -0.655. The number of carbonyl (C=O) groups excluding carboxylic acids is 1. The highest BCUT2D eigenvalue weighted by Gasteiger charge is 2.14. The first-order valence-corrected chi connectivity index (χ1v) is 7.87. The van der Waals surface area contributed by atoms with E-state index < -0.39 is 12.5 Å². The number of hydrogen-bond acceptors (Lipinski definition) is 4. The van der Waals surface area contributed by atoms with Gasteiger partial charge < -0.3 is 10.1 Å². The first kappa shape index (κ1) is 17.1. The lowest BCUT2D eigenvalue weighted by atomic mass is 10.3. The fourth-order valence-electron chi connectivity index (χ4n) is 2.08. The standard InChI is InChI=1S/C15H12BrF2N5O2/c16-10-7-19-23(8-10)9-22-6-5-12(21-22)14(24)20-11-3-1-2-4-13(11)25-15(17)18/h1-8,15H,9H2,(H,20,24). The first-order valence-electron chi connectivity index (χ1n) is 7.08. The minimum atomic E-state index is -2.98. The Hall–Kier alpha value is -2.75. The average molecular weight is 412 g/mol. The quantitative estimate of drug-likeness (QED) is 0.675. The van der Waals surface area contributed by atoms with Gasteiger partial charge in [0.15, 0.2) is 5.69 Å². The van der Waals surface area contributed by atoms with Gasteiger partial charge in [-0.2, -0.15) is 19.0 Å². The van der Waals surface area contributed by atoms with Crippen molar-refractivity contribution in [1.82, 2.24) is 19.6 Å².